The van der Waals surface area contributed by atoms with Crippen molar-refractivity contribution in [2.75, 3.05) is 66.1 Å². The lowest BCUT2D eigenvalue weighted by molar-refractivity contribution is 0.0170. The number of hydrogen-bond acceptors (Lipinski definition) is 4. The fourth-order valence-corrected chi connectivity index (χ4v) is 4.15. The molecule has 0 aliphatic carbocycles. The van der Waals surface area contributed by atoms with Crippen LogP contribution < -0.4 is 10.6 Å². The number of likely N-dealkylation sites (tertiary alicyclic amines) is 1. The first kappa shape index (κ1) is 24.4. The number of nitrogens with zero attached hydrogens (tertiary/aromatic N) is 3. The van der Waals surface area contributed by atoms with Gasteiger partial charge < -0.3 is 20.3 Å². The Hall–Kier alpha value is -0.900. The number of aliphatic imine (C=N–C) groups is 1. The van der Waals surface area contributed by atoms with Gasteiger partial charge in [-0.1, -0.05) is 36.2 Å². The van der Waals surface area contributed by atoms with Crippen LogP contribution >= 0.6 is 24.0 Å². The minimum absolute atomic E-state index is 0. The molecule has 3 rings (SSSR count). The number of piperidine rings is 1. The van der Waals surface area contributed by atoms with Gasteiger partial charge >= 0.3 is 0 Å². The van der Waals surface area contributed by atoms with Gasteiger partial charge in [0.05, 0.1) is 19.3 Å². The predicted octanol–water partition coefficient (Wildman–Crippen LogP) is 2.64. The maximum absolute atomic E-state index is 5.56. The zero-order chi connectivity index (χ0) is 19.6. The first-order valence-corrected chi connectivity index (χ1v) is 10.8. The van der Waals surface area contributed by atoms with Gasteiger partial charge in [-0.25, -0.2) is 0 Å². The number of rotatable bonds is 7. The van der Waals surface area contributed by atoms with Gasteiger partial charge in [-0.05, 0) is 38.4 Å². The minimum Gasteiger partial charge on any atom is -0.379 e. The average Bonchev–Trinajstić information content (AvgIpc) is 2.74. The third kappa shape index (κ3) is 8.03. The number of halogens is 1. The molecule has 2 saturated heterocycles. The molecule has 1 aromatic carbocycles. The largest absolute Gasteiger partial charge is 0.379 e. The lowest BCUT2D eigenvalue weighted by atomic mass is 10.0. The van der Waals surface area contributed by atoms with Crippen LogP contribution in [0, 0.1) is 6.92 Å². The second-order valence-corrected chi connectivity index (χ2v) is 7.86. The Balaban J connectivity index is 0.00000300. The number of nitrogens with one attached hydrogen (secondary N) is 2. The van der Waals surface area contributed by atoms with Gasteiger partial charge in [-0.15, -0.1) is 24.0 Å². The van der Waals surface area contributed by atoms with Crippen LogP contribution in [0.4, 0.5) is 0 Å². The second kappa shape index (κ2) is 13.4. The molecule has 0 amide bonds. The summed E-state index contributed by atoms with van der Waals surface area (Å²) in [7, 11) is 1.85. The maximum Gasteiger partial charge on any atom is 0.191 e. The lowest BCUT2D eigenvalue weighted by Gasteiger charge is -2.35. The summed E-state index contributed by atoms with van der Waals surface area (Å²) in [5, 5.41) is 7.05. The molecule has 1 atom stereocenters. The number of hydrogen-bond donors (Lipinski definition) is 2. The Labute approximate surface area is 193 Å². The summed E-state index contributed by atoms with van der Waals surface area (Å²) in [5.74, 6) is 0.892. The molecule has 0 spiro atoms. The van der Waals surface area contributed by atoms with Crippen LogP contribution in [0.25, 0.3) is 0 Å². The fraction of sp³-hybridized carbons (Fsp3) is 0.682. The lowest BCUT2D eigenvalue weighted by Crippen LogP contribution is -2.47. The minimum atomic E-state index is 0. The van der Waals surface area contributed by atoms with Crippen molar-refractivity contribution in [1.29, 1.82) is 0 Å². The van der Waals surface area contributed by atoms with Crippen molar-refractivity contribution in [2.24, 2.45) is 4.99 Å². The zero-order valence-electron chi connectivity index (χ0n) is 18.0. The highest BCUT2D eigenvalue weighted by Gasteiger charge is 2.23. The van der Waals surface area contributed by atoms with E-state index in [1.807, 2.05) is 7.05 Å². The summed E-state index contributed by atoms with van der Waals surface area (Å²) >= 11 is 0. The zero-order valence-corrected chi connectivity index (χ0v) is 20.4. The Morgan fingerprint density at radius 1 is 1.10 bits per heavy atom. The van der Waals surface area contributed by atoms with E-state index in [2.05, 4.69) is 56.6 Å². The summed E-state index contributed by atoms with van der Waals surface area (Å²) in [6, 6.07) is 9.18. The van der Waals surface area contributed by atoms with Crippen LogP contribution in [0.1, 0.15) is 36.4 Å². The van der Waals surface area contributed by atoms with Crippen molar-refractivity contribution in [1.82, 2.24) is 20.4 Å². The van der Waals surface area contributed by atoms with Crippen molar-refractivity contribution in [3.05, 3.63) is 35.4 Å². The molecular formula is C22H38IN5O. The van der Waals surface area contributed by atoms with Gasteiger partial charge in [0.2, 0.25) is 0 Å². The monoisotopic (exact) mass is 515 g/mol. The van der Waals surface area contributed by atoms with Crippen molar-refractivity contribution in [2.45, 2.75) is 32.2 Å². The van der Waals surface area contributed by atoms with E-state index in [0.717, 1.165) is 51.9 Å². The molecule has 0 saturated carbocycles. The smallest absolute Gasteiger partial charge is 0.191 e. The summed E-state index contributed by atoms with van der Waals surface area (Å²) in [6.07, 6.45) is 4.06. The molecule has 1 aromatic rings. The van der Waals surface area contributed by atoms with E-state index in [9.17, 15) is 0 Å². The molecule has 0 radical (unpaired) electrons. The predicted molar refractivity (Wildman–Crippen MR) is 131 cm³/mol. The molecule has 0 aromatic heterocycles. The number of aryl methyl sites for hydroxylation is 1. The van der Waals surface area contributed by atoms with Gasteiger partial charge in [0.1, 0.15) is 0 Å². The highest BCUT2D eigenvalue weighted by atomic mass is 127. The van der Waals surface area contributed by atoms with Crippen molar-refractivity contribution < 1.29 is 4.74 Å². The quantitative estimate of drug-likeness (QED) is 0.332. The van der Waals surface area contributed by atoms with E-state index >= 15 is 0 Å². The van der Waals surface area contributed by atoms with Gasteiger partial charge in [-0.3, -0.25) is 9.89 Å². The first-order chi connectivity index (χ1) is 13.8. The molecule has 2 aliphatic heterocycles. The topological polar surface area (TPSA) is 52.1 Å². The van der Waals surface area contributed by atoms with Gasteiger partial charge in [0, 0.05) is 39.8 Å². The highest BCUT2D eigenvalue weighted by Crippen LogP contribution is 2.22. The molecule has 0 bridgehead atoms. The Bertz CT molecular complexity index is 615. The molecule has 2 aliphatic rings. The van der Waals surface area contributed by atoms with Crippen LogP contribution in [0.15, 0.2) is 29.3 Å². The molecule has 6 nitrogen and oxygen atoms in total. The van der Waals surface area contributed by atoms with Gasteiger partial charge in [-0.2, -0.15) is 0 Å². The van der Waals surface area contributed by atoms with Crippen molar-refractivity contribution in [3.8, 4) is 0 Å². The Kier molecular flexibility index (Phi) is 11.3. The SMILES string of the molecule is CN=C(NCCN1CCCCC1)NCC(c1cccc(C)c1)N1CCOCC1.I. The number of ether oxygens (including phenoxy) is 1. The van der Waals surface area contributed by atoms with Crippen LogP contribution in [0.3, 0.4) is 0 Å². The van der Waals surface area contributed by atoms with Crippen LogP contribution in [0.2, 0.25) is 0 Å². The van der Waals surface area contributed by atoms with E-state index in [-0.39, 0.29) is 24.0 Å². The fourth-order valence-electron chi connectivity index (χ4n) is 4.15. The molecule has 2 N–H and O–H groups in total. The molecule has 7 heteroatoms. The highest BCUT2D eigenvalue weighted by molar-refractivity contribution is 14.0. The Morgan fingerprint density at radius 3 is 2.55 bits per heavy atom. The summed E-state index contributed by atoms with van der Waals surface area (Å²) in [4.78, 5) is 9.50. The molecule has 2 fully saturated rings. The van der Waals surface area contributed by atoms with E-state index in [1.54, 1.807) is 0 Å². The third-order valence-electron chi connectivity index (χ3n) is 5.77. The average molecular weight is 515 g/mol. The maximum atomic E-state index is 5.56. The first-order valence-electron chi connectivity index (χ1n) is 10.8. The van der Waals surface area contributed by atoms with Crippen LogP contribution in [0.5, 0.6) is 0 Å². The van der Waals surface area contributed by atoms with E-state index < -0.39 is 0 Å². The molecule has 2 heterocycles. The normalized spacial score (nSPS) is 20.0. The third-order valence-corrected chi connectivity index (χ3v) is 5.77. The standard InChI is InChI=1S/C22H37N5O.HI/c1-19-7-6-8-20(17-19)21(27-13-15-28-16-14-27)18-25-22(23-2)24-9-12-26-10-4-3-5-11-26;/h6-8,17,21H,3-5,9-16,18H2,1-2H3,(H2,23,24,25);1H. The molecule has 29 heavy (non-hydrogen) atoms. The molecular weight excluding hydrogens is 477 g/mol. The van der Waals surface area contributed by atoms with Gasteiger partial charge in [0.15, 0.2) is 5.96 Å². The van der Waals surface area contributed by atoms with Crippen molar-refractivity contribution >= 4 is 29.9 Å². The number of benzene rings is 1. The van der Waals surface area contributed by atoms with Crippen LogP contribution in [-0.2, 0) is 4.74 Å². The number of morpholine rings is 1. The van der Waals surface area contributed by atoms with E-state index in [1.165, 1.54) is 43.5 Å². The van der Waals surface area contributed by atoms with Crippen molar-refractivity contribution in [3.63, 3.8) is 0 Å². The van der Waals surface area contributed by atoms with E-state index in [0.29, 0.717) is 6.04 Å². The van der Waals surface area contributed by atoms with Crippen LogP contribution in [-0.4, -0.2) is 81.8 Å². The summed E-state index contributed by atoms with van der Waals surface area (Å²) < 4.78 is 5.56. The summed E-state index contributed by atoms with van der Waals surface area (Å²) in [6.45, 7) is 11.1. The molecule has 164 valence electrons. The summed E-state index contributed by atoms with van der Waals surface area (Å²) in [5.41, 5.74) is 2.66. The van der Waals surface area contributed by atoms with Gasteiger partial charge in [0.25, 0.3) is 0 Å². The van der Waals surface area contributed by atoms with E-state index in [4.69, 9.17) is 4.74 Å². The number of guanidine groups is 1. The molecule has 1 unspecified atom stereocenters. The Morgan fingerprint density at radius 2 is 1.86 bits per heavy atom. The second-order valence-electron chi connectivity index (χ2n) is 7.86.